The van der Waals surface area contributed by atoms with Crippen LogP contribution in [0.25, 0.3) is 0 Å². The third kappa shape index (κ3) is 3.54. The maximum Gasteiger partial charge on any atom is 0.0834 e. The van der Waals surface area contributed by atoms with Crippen molar-refractivity contribution in [1.82, 2.24) is 14.8 Å². The summed E-state index contributed by atoms with van der Waals surface area (Å²) < 4.78 is 0. The van der Waals surface area contributed by atoms with Gasteiger partial charge in [-0.1, -0.05) is 37.3 Å². The number of hydrogen-bond acceptors (Lipinski definition) is 4. The van der Waals surface area contributed by atoms with Gasteiger partial charge in [-0.3, -0.25) is 14.8 Å². The Morgan fingerprint density at radius 1 is 1.12 bits per heavy atom. The van der Waals surface area contributed by atoms with E-state index >= 15 is 0 Å². The van der Waals surface area contributed by atoms with E-state index in [0.29, 0.717) is 6.04 Å². The SMILES string of the molecule is CCc1ccc(CN(C)[C@@H]2CN(C3Cc4ccccc4C3)C[C@H]2O)nc1. The highest BCUT2D eigenvalue weighted by atomic mass is 16.3. The summed E-state index contributed by atoms with van der Waals surface area (Å²) in [4.78, 5) is 9.32. The van der Waals surface area contributed by atoms with E-state index in [1.807, 2.05) is 6.20 Å². The first kappa shape index (κ1) is 17.7. The third-order valence-electron chi connectivity index (χ3n) is 6.10. The van der Waals surface area contributed by atoms with E-state index in [1.165, 1.54) is 16.7 Å². The molecule has 0 amide bonds. The normalized spacial score (nSPS) is 23.7. The second kappa shape index (κ2) is 7.47. The van der Waals surface area contributed by atoms with Crippen LogP contribution in [0.4, 0.5) is 0 Å². The third-order valence-corrected chi connectivity index (χ3v) is 6.10. The molecule has 0 unspecified atom stereocenters. The van der Waals surface area contributed by atoms with Gasteiger partial charge < -0.3 is 5.11 Å². The van der Waals surface area contributed by atoms with E-state index in [4.69, 9.17) is 0 Å². The number of hydrogen-bond donors (Lipinski definition) is 1. The fourth-order valence-corrected chi connectivity index (χ4v) is 4.45. The zero-order valence-electron chi connectivity index (χ0n) is 15.8. The number of nitrogens with zero attached hydrogens (tertiary/aromatic N) is 3. The molecule has 0 radical (unpaired) electrons. The average Bonchev–Trinajstić information content (AvgIpc) is 3.25. The van der Waals surface area contributed by atoms with Gasteiger partial charge in [0.25, 0.3) is 0 Å². The Kier molecular flexibility index (Phi) is 5.07. The van der Waals surface area contributed by atoms with Crippen molar-refractivity contribution in [3.8, 4) is 0 Å². The van der Waals surface area contributed by atoms with Crippen LogP contribution < -0.4 is 0 Å². The Morgan fingerprint density at radius 3 is 2.46 bits per heavy atom. The van der Waals surface area contributed by atoms with Crippen molar-refractivity contribution in [2.24, 2.45) is 0 Å². The molecule has 0 bridgehead atoms. The van der Waals surface area contributed by atoms with Crippen LogP contribution in [0, 0.1) is 0 Å². The molecule has 1 fully saturated rings. The van der Waals surface area contributed by atoms with Gasteiger partial charge in [-0.25, -0.2) is 0 Å². The molecule has 2 aliphatic rings. The molecule has 4 rings (SSSR count). The smallest absolute Gasteiger partial charge is 0.0834 e. The van der Waals surface area contributed by atoms with Crippen LogP contribution in [0.1, 0.15) is 29.3 Å². The summed E-state index contributed by atoms with van der Waals surface area (Å²) >= 11 is 0. The molecule has 0 saturated carbocycles. The van der Waals surface area contributed by atoms with Crippen LogP contribution in [0.2, 0.25) is 0 Å². The Hall–Kier alpha value is -1.75. The fourth-order valence-electron chi connectivity index (χ4n) is 4.45. The minimum atomic E-state index is -0.293. The molecule has 26 heavy (non-hydrogen) atoms. The van der Waals surface area contributed by atoms with E-state index in [1.54, 1.807) is 0 Å². The van der Waals surface area contributed by atoms with Crippen molar-refractivity contribution in [2.75, 3.05) is 20.1 Å². The lowest BCUT2D eigenvalue weighted by Crippen LogP contribution is -2.41. The highest BCUT2D eigenvalue weighted by molar-refractivity contribution is 5.33. The zero-order chi connectivity index (χ0) is 18.1. The van der Waals surface area contributed by atoms with E-state index < -0.39 is 0 Å². The van der Waals surface area contributed by atoms with Gasteiger partial charge in [0.1, 0.15) is 0 Å². The molecule has 1 aromatic carbocycles. The van der Waals surface area contributed by atoms with Crippen LogP contribution in [-0.2, 0) is 25.8 Å². The molecule has 0 spiro atoms. The average molecular weight is 351 g/mol. The van der Waals surface area contributed by atoms with Crippen molar-refractivity contribution in [1.29, 1.82) is 0 Å². The monoisotopic (exact) mass is 351 g/mol. The molecule has 1 N–H and O–H groups in total. The first-order chi connectivity index (χ1) is 12.6. The van der Waals surface area contributed by atoms with Crippen molar-refractivity contribution in [3.63, 3.8) is 0 Å². The van der Waals surface area contributed by atoms with Crippen LogP contribution >= 0.6 is 0 Å². The second-order valence-corrected chi connectivity index (χ2v) is 7.85. The maximum atomic E-state index is 10.7. The summed E-state index contributed by atoms with van der Waals surface area (Å²) in [6, 6.07) is 13.7. The predicted molar refractivity (Wildman–Crippen MR) is 104 cm³/mol. The number of aryl methyl sites for hydroxylation is 1. The molecule has 2 heterocycles. The molecule has 4 heteroatoms. The highest BCUT2D eigenvalue weighted by Gasteiger charge is 2.38. The Bertz CT molecular complexity index is 720. The quantitative estimate of drug-likeness (QED) is 0.897. The number of pyridine rings is 1. The highest BCUT2D eigenvalue weighted by Crippen LogP contribution is 2.29. The molecule has 138 valence electrons. The van der Waals surface area contributed by atoms with Crippen molar-refractivity contribution in [2.45, 2.75) is 50.9 Å². The number of benzene rings is 1. The summed E-state index contributed by atoms with van der Waals surface area (Å²) in [5.41, 5.74) is 5.29. The fraction of sp³-hybridized carbons (Fsp3) is 0.500. The molecule has 4 nitrogen and oxygen atoms in total. The maximum absolute atomic E-state index is 10.7. The van der Waals surface area contributed by atoms with E-state index in [-0.39, 0.29) is 12.1 Å². The molecule has 2 atom stereocenters. The van der Waals surface area contributed by atoms with Gasteiger partial charge in [-0.15, -0.1) is 0 Å². The van der Waals surface area contributed by atoms with Gasteiger partial charge in [0.2, 0.25) is 0 Å². The van der Waals surface area contributed by atoms with Crippen LogP contribution in [0.3, 0.4) is 0 Å². The molecular weight excluding hydrogens is 322 g/mol. The standard InChI is InChI=1S/C22H29N3O/c1-3-16-8-9-19(23-12-16)13-24(2)21-14-25(15-22(21)26)20-10-17-6-4-5-7-18(17)11-20/h4-9,12,20-22,26H,3,10-11,13-15H2,1-2H3/t21-,22-/m1/s1. The Labute approximate surface area is 156 Å². The second-order valence-electron chi connectivity index (χ2n) is 7.85. The minimum absolute atomic E-state index is 0.173. The van der Waals surface area contributed by atoms with Gasteiger partial charge >= 0.3 is 0 Å². The van der Waals surface area contributed by atoms with Gasteiger partial charge in [-0.2, -0.15) is 0 Å². The summed E-state index contributed by atoms with van der Waals surface area (Å²) in [5, 5.41) is 10.7. The number of rotatable bonds is 5. The summed E-state index contributed by atoms with van der Waals surface area (Å²) in [7, 11) is 2.11. The van der Waals surface area contributed by atoms with Crippen LogP contribution in [-0.4, -0.2) is 58.2 Å². The van der Waals surface area contributed by atoms with Gasteiger partial charge in [0.15, 0.2) is 0 Å². The zero-order valence-corrected chi connectivity index (χ0v) is 15.8. The molecule has 2 aromatic rings. The number of aliphatic hydroxyl groups is 1. The van der Waals surface area contributed by atoms with E-state index in [2.05, 4.69) is 65.2 Å². The Morgan fingerprint density at radius 2 is 1.85 bits per heavy atom. The molecule has 1 aromatic heterocycles. The molecular formula is C22H29N3O. The number of aliphatic hydroxyl groups excluding tert-OH is 1. The first-order valence-electron chi connectivity index (χ1n) is 9.77. The number of likely N-dealkylation sites (tertiary alicyclic amines) is 1. The van der Waals surface area contributed by atoms with Crippen molar-refractivity contribution >= 4 is 0 Å². The minimum Gasteiger partial charge on any atom is -0.390 e. The lowest BCUT2D eigenvalue weighted by molar-refractivity contribution is 0.0939. The van der Waals surface area contributed by atoms with Gasteiger partial charge in [0, 0.05) is 37.9 Å². The molecule has 1 saturated heterocycles. The summed E-state index contributed by atoms with van der Waals surface area (Å²) in [6.07, 6.45) is 4.91. The largest absolute Gasteiger partial charge is 0.390 e. The number of fused-ring (bicyclic) bond motifs is 1. The molecule has 1 aliphatic heterocycles. The van der Waals surface area contributed by atoms with Crippen molar-refractivity contribution < 1.29 is 5.11 Å². The van der Waals surface area contributed by atoms with E-state index in [9.17, 15) is 5.11 Å². The van der Waals surface area contributed by atoms with Gasteiger partial charge in [0.05, 0.1) is 11.8 Å². The molecule has 1 aliphatic carbocycles. The predicted octanol–water partition coefficient (Wildman–Crippen LogP) is 2.29. The van der Waals surface area contributed by atoms with Crippen LogP contribution in [0.5, 0.6) is 0 Å². The van der Waals surface area contributed by atoms with E-state index in [0.717, 1.165) is 44.6 Å². The number of aromatic nitrogens is 1. The summed E-state index contributed by atoms with van der Waals surface area (Å²) in [6.45, 7) is 4.64. The van der Waals surface area contributed by atoms with Gasteiger partial charge in [-0.05, 0) is 49.1 Å². The summed E-state index contributed by atoms with van der Waals surface area (Å²) in [5.74, 6) is 0. The lowest BCUT2D eigenvalue weighted by atomic mass is 10.1. The van der Waals surface area contributed by atoms with Crippen molar-refractivity contribution in [3.05, 3.63) is 65.0 Å². The van der Waals surface area contributed by atoms with Crippen LogP contribution in [0.15, 0.2) is 42.6 Å². The number of likely N-dealkylation sites (N-methyl/N-ethyl adjacent to an activating group) is 1. The Balaban J connectivity index is 1.37. The topological polar surface area (TPSA) is 39.6 Å². The first-order valence-corrected chi connectivity index (χ1v) is 9.77. The lowest BCUT2D eigenvalue weighted by Gasteiger charge is -2.27. The number of β-amino-alcohol motifs (C(OH)–C–C–N with tert-alkyl or cyclic N) is 1.